The normalized spacial score (nSPS) is 20.9. The number of nitrogens with zero attached hydrogens (tertiary/aromatic N) is 3. The van der Waals surface area contributed by atoms with Crippen LogP contribution < -0.4 is 4.74 Å². The van der Waals surface area contributed by atoms with Crippen molar-refractivity contribution in [2.45, 2.75) is 51.8 Å². The van der Waals surface area contributed by atoms with Crippen LogP contribution >= 0.6 is 0 Å². The number of pyridine rings is 1. The first-order valence-corrected chi connectivity index (χ1v) is 12.6. The third kappa shape index (κ3) is 5.77. The summed E-state index contributed by atoms with van der Waals surface area (Å²) in [5.74, 6) is -0.793. The number of carbonyl (C=O) groups excluding carboxylic acids is 1. The molecule has 8 heteroatoms. The van der Waals surface area contributed by atoms with Gasteiger partial charge in [-0.2, -0.15) is 0 Å². The van der Waals surface area contributed by atoms with Gasteiger partial charge in [-0.15, -0.1) is 0 Å². The van der Waals surface area contributed by atoms with Crippen molar-refractivity contribution in [2.24, 2.45) is 5.92 Å². The van der Waals surface area contributed by atoms with E-state index < -0.39 is 5.97 Å². The van der Waals surface area contributed by atoms with E-state index in [0.29, 0.717) is 31.1 Å². The van der Waals surface area contributed by atoms with Gasteiger partial charge in [-0.1, -0.05) is 25.1 Å². The molecule has 36 heavy (non-hydrogen) atoms. The molecule has 0 spiro atoms. The molecule has 0 unspecified atom stereocenters. The fourth-order valence-electron chi connectivity index (χ4n) is 4.87. The van der Waals surface area contributed by atoms with E-state index in [4.69, 9.17) is 9.84 Å². The third-order valence-corrected chi connectivity index (χ3v) is 7.08. The van der Waals surface area contributed by atoms with Gasteiger partial charge in [0.15, 0.2) is 0 Å². The molecule has 192 valence electrons. The second kappa shape index (κ2) is 11.2. The number of carboxylic acid groups (broad SMARTS) is 1. The van der Waals surface area contributed by atoms with E-state index in [1.165, 1.54) is 5.57 Å². The van der Waals surface area contributed by atoms with E-state index in [2.05, 4.69) is 16.0 Å². The Hall–Kier alpha value is -3.23. The Morgan fingerprint density at radius 3 is 2.69 bits per heavy atom. The number of amides is 1. The Bertz CT molecular complexity index is 1130. The van der Waals surface area contributed by atoms with E-state index in [-0.39, 0.29) is 36.1 Å². The minimum atomic E-state index is -0.943. The lowest BCUT2D eigenvalue weighted by Crippen LogP contribution is -2.49. The van der Waals surface area contributed by atoms with E-state index in [1.807, 2.05) is 39.1 Å². The lowest BCUT2D eigenvalue weighted by Gasteiger charge is -2.37. The van der Waals surface area contributed by atoms with Gasteiger partial charge in [0.25, 0.3) is 5.91 Å². The standard InChI is InChI=1S/C28H35N3O5/c1-18-14-31(19(2)17-32)27(33)24-12-23(21-6-4-5-7-21)13-29-26(24)36-25(18)16-30(3)15-20-8-10-22(11-9-20)28(34)35/h6,8-13,18-19,25,32H,4-5,7,14-17H2,1-3H3,(H,34,35)/t18-,19-,25+/m0/s1. The van der Waals surface area contributed by atoms with Gasteiger partial charge in [-0.25, -0.2) is 9.78 Å². The molecule has 1 aliphatic heterocycles. The van der Waals surface area contributed by atoms with Crippen molar-refractivity contribution in [3.63, 3.8) is 0 Å². The smallest absolute Gasteiger partial charge is 0.335 e. The highest BCUT2D eigenvalue weighted by molar-refractivity contribution is 5.97. The van der Waals surface area contributed by atoms with Gasteiger partial charge in [0.2, 0.25) is 5.88 Å². The first kappa shape index (κ1) is 25.9. The van der Waals surface area contributed by atoms with Crippen molar-refractivity contribution in [1.29, 1.82) is 0 Å². The molecule has 0 bridgehead atoms. The average molecular weight is 494 g/mol. The Morgan fingerprint density at radius 2 is 2.06 bits per heavy atom. The van der Waals surface area contributed by atoms with Crippen molar-refractivity contribution in [3.05, 3.63) is 64.9 Å². The molecule has 2 aromatic rings. The topological polar surface area (TPSA) is 103 Å². The number of rotatable bonds is 8. The highest BCUT2D eigenvalue weighted by atomic mass is 16.5. The van der Waals surface area contributed by atoms with Gasteiger partial charge in [-0.3, -0.25) is 9.69 Å². The van der Waals surface area contributed by atoms with Crippen LogP contribution in [0.1, 0.15) is 65.0 Å². The predicted molar refractivity (Wildman–Crippen MR) is 137 cm³/mol. The van der Waals surface area contributed by atoms with Crippen LogP contribution in [0.3, 0.4) is 0 Å². The molecule has 1 aromatic heterocycles. The highest BCUT2D eigenvalue weighted by Gasteiger charge is 2.34. The minimum absolute atomic E-state index is 0.00745. The van der Waals surface area contributed by atoms with Gasteiger partial charge in [0.05, 0.1) is 18.2 Å². The van der Waals surface area contributed by atoms with Gasteiger partial charge in [-0.05, 0) is 68.1 Å². The summed E-state index contributed by atoms with van der Waals surface area (Å²) < 4.78 is 6.40. The first-order chi connectivity index (χ1) is 17.3. The van der Waals surface area contributed by atoms with Crippen LogP contribution in [-0.2, 0) is 6.54 Å². The second-order valence-electron chi connectivity index (χ2n) is 10.0. The maximum Gasteiger partial charge on any atom is 0.335 e. The Morgan fingerprint density at radius 1 is 1.31 bits per heavy atom. The fraction of sp³-hybridized carbons (Fsp3) is 0.464. The van der Waals surface area contributed by atoms with Crippen molar-refractivity contribution in [2.75, 3.05) is 26.7 Å². The number of aromatic carboxylic acids is 1. The Balaban J connectivity index is 1.58. The number of aliphatic hydroxyl groups excluding tert-OH is 1. The zero-order valence-corrected chi connectivity index (χ0v) is 21.2. The molecule has 0 saturated heterocycles. The van der Waals surface area contributed by atoms with Gasteiger partial charge >= 0.3 is 5.97 Å². The lowest BCUT2D eigenvalue weighted by atomic mass is 9.99. The molecule has 1 aliphatic carbocycles. The van der Waals surface area contributed by atoms with Gasteiger partial charge in [0, 0.05) is 31.7 Å². The molecule has 1 amide bonds. The predicted octanol–water partition coefficient (Wildman–Crippen LogP) is 3.70. The van der Waals surface area contributed by atoms with E-state index in [0.717, 1.165) is 30.4 Å². The van der Waals surface area contributed by atoms with E-state index in [9.17, 15) is 14.7 Å². The number of hydrogen-bond donors (Lipinski definition) is 2. The molecule has 4 rings (SSSR count). The van der Waals surface area contributed by atoms with Crippen LogP contribution in [0.4, 0.5) is 0 Å². The number of allylic oxidation sites excluding steroid dienone is 2. The SMILES string of the molecule is C[C@H]1CN([C@@H](C)CO)C(=O)c2cc(C3=CCCC3)cnc2O[C@@H]1CN(C)Cc1ccc(C(=O)O)cc1. The highest BCUT2D eigenvalue weighted by Crippen LogP contribution is 2.32. The largest absolute Gasteiger partial charge is 0.478 e. The van der Waals surface area contributed by atoms with Crippen LogP contribution in [0.2, 0.25) is 0 Å². The van der Waals surface area contributed by atoms with Crippen molar-refractivity contribution < 1.29 is 24.5 Å². The summed E-state index contributed by atoms with van der Waals surface area (Å²) in [7, 11) is 1.99. The average Bonchev–Trinajstić information content (AvgIpc) is 3.41. The summed E-state index contributed by atoms with van der Waals surface area (Å²) in [6, 6.07) is 8.42. The van der Waals surface area contributed by atoms with Crippen LogP contribution in [-0.4, -0.2) is 75.8 Å². The molecule has 2 heterocycles. The van der Waals surface area contributed by atoms with Crippen molar-refractivity contribution in [3.8, 4) is 5.88 Å². The summed E-state index contributed by atoms with van der Waals surface area (Å²) in [5, 5.41) is 19.0. The maximum absolute atomic E-state index is 13.6. The number of aliphatic hydroxyl groups is 1. The Kier molecular flexibility index (Phi) is 8.06. The lowest BCUT2D eigenvalue weighted by molar-refractivity contribution is 0.0325. The number of fused-ring (bicyclic) bond motifs is 1. The number of hydrogen-bond acceptors (Lipinski definition) is 6. The van der Waals surface area contributed by atoms with E-state index in [1.54, 1.807) is 23.2 Å². The molecule has 0 fully saturated rings. The molecule has 8 nitrogen and oxygen atoms in total. The Labute approximate surface area is 212 Å². The van der Waals surface area contributed by atoms with Crippen LogP contribution in [0, 0.1) is 5.92 Å². The van der Waals surface area contributed by atoms with Crippen LogP contribution in [0.5, 0.6) is 5.88 Å². The number of aromatic nitrogens is 1. The van der Waals surface area contributed by atoms with Crippen LogP contribution in [0.15, 0.2) is 42.6 Å². The number of benzene rings is 1. The maximum atomic E-state index is 13.6. The quantitative estimate of drug-likeness (QED) is 0.578. The zero-order chi connectivity index (χ0) is 25.8. The molecule has 3 atom stereocenters. The number of carbonyl (C=O) groups is 2. The molecular weight excluding hydrogens is 458 g/mol. The van der Waals surface area contributed by atoms with Gasteiger partial charge in [0.1, 0.15) is 11.7 Å². The fourth-order valence-corrected chi connectivity index (χ4v) is 4.87. The summed E-state index contributed by atoms with van der Waals surface area (Å²) in [4.78, 5) is 33.1. The summed E-state index contributed by atoms with van der Waals surface area (Å²) in [6.07, 6.45) is 6.88. The second-order valence-corrected chi connectivity index (χ2v) is 10.0. The van der Waals surface area contributed by atoms with Crippen molar-refractivity contribution in [1.82, 2.24) is 14.8 Å². The van der Waals surface area contributed by atoms with Crippen molar-refractivity contribution >= 4 is 17.4 Å². The number of carboxylic acids is 1. The third-order valence-electron chi connectivity index (χ3n) is 7.08. The van der Waals surface area contributed by atoms with E-state index >= 15 is 0 Å². The molecule has 0 saturated carbocycles. The first-order valence-electron chi connectivity index (χ1n) is 12.6. The molecule has 2 aliphatic rings. The number of likely N-dealkylation sites (N-methyl/N-ethyl adjacent to an activating group) is 1. The number of ether oxygens (including phenoxy) is 1. The summed E-state index contributed by atoms with van der Waals surface area (Å²) in [6.45, 7) is 5.45. The monoisotopic (exact) mass is 493 g/mol. The molecule has 0 radical (unpaired) electrons. The molecule has 1 aromatic carbocycles. The van der Waals surface area contributed by atoms with Crippen LogP contribution in [0.25, 0.3) is 5.57 Å². The molecular formula is C28H35N3O5. The zero-order valence-electron chi connectivity index (χ0n) is 21.2. The van der Waals surface area contributed by atoms with Gasteiger partial charge < -0.3 is 19.8 Å². The summed E-state index contributed by atoms with van der Waals surface area (Å²) >= 11 is 0. The minimum Gasteiger partial charge on any atom is -0.478 e. The summed E-state index contributed by atoms with van der Waals surface area (Å²) in [5.41, 5.74) is 3.85. The molecule has 2 N–H and O–H groups in total.